The summed E-state index contributed by atoms with van der Waals surface area (Å²) in [4.78, 5) is 28.7. The summed E-state index contributed by atoms with van der Waals surface area (Å²) in [6, 6.07) is 17.4. The van der Waals surface area contributed by atoms with Crippen LogP contribution in [0.25, 0.3) is 0 Å². The Kier molecular flexibility index (Phi) is 11.2. The Morgan fingerprint density at radius 3 is 2.17 bits per heavy atom. The van der Waals surface area contributed by atoms with Crippen LogP contribution < -0.4 is 23.8 Å². The summed E-state index contributed by atoms with van der Waals surface area (Å²) in [5.74, 6) is 0.423. The number of benzene rings is 3. The number of hydrogen-bond acceptors (Lipinski definition) is 7. The summed E-state index contributed by atoms with van der Waals surface area (Å²) >= 11 is 0. The Bertz CT molecular complexity index is 1480. The zero-order valence-electron chi connectivity index (χ0n) is 24.9. The van der Waals surface area contributed by atoms with E-state index in [2.05, 4.69) is 5.32 Å². The van der Waals surface area contributed by atoms with E-state index in [1.54, 1.807) is 63.4 Å². The highest BCUT2D eigenvalue weighted by Gasteiger charge is 2.34. The fourth-order valence-electron chi connectivity index (χ4n) is 4.53. The van der Waals surface area contributed by atoms with Gasteiger partial charge in [0.25, 0.3) is 10.0 Å². The van der Waals surface area contributed by atoms with E-state index in [0.29, 0.717) is 30.2 Å². The van der Waals surface area contributed by atoms with E-state index in [1.807, 2.05) is 13.0 Å². The predicted octanol–water partition coefficient (Wildman–Crippen LogP) is 4.16. The molecule has 0 saturated heterocycles. The van der Waals surface area contributed by atoms with Gasteiger partial charge in [0.15, 0.2) is 11.5 Å². The van der Waals surface area contributed by atoms with E-state index in [9.17, 15) is 18.0 Å². The number of methoxy groups -OCH3 is 3. The van der Waals surface area contributed by atoms with Gasteiger partial charge in [-0.3, -0.25) is 13.9 Å². The third-order valence-corrected chi connectivity index (χ3v) is 8.56. The van der Waals surface area contributed by atoms with Gasteiger partial charge >= 0.3 is 0 Å². The minimum Gasteiger partial charge on any atom is -0.497 e. The molecule has 0 radical (unpaired) electrons. The molecule has 0 saturated carbocycles. The first-order valence-electron chi connectivity index (χ1n) is 13.6. The maximum Gasteiger partial charge on any atom is 0.264 e. The first-order valence-corrected chi connectivity index (χ1v) is 15.0. The van der Waals surface area contributed by atoms with Gasteiger partial charge in [-0.05, 0) is 62.2 Å². The lowest BCUT2D eigenvalue weighted by molar-refractivity contribution is -0.140. The normalized spacial score (nSPS) is 11.8. The van der Waals surface area contributed by atoms with Crippen LogP contribution in [0, 0.1) is 6.92 Å². The number of ether oxygens (including phenoxy) is 3. The number of carbonyl (C=O) groups is 2. The summed E-state index contributed by atoms with van der Waals surface area (Å²) in [5.41, 5.74) is 1.82. The molecule has 0 aromatic heterocycles. The second kappa shape index (κ2) is 14.6. The topological polar surface area (TPSA) is 114 Å². The molecule has 0 fully saturated rings. The first kappa shape index (κ1) is 32.3. The number of anilines is 1. The van der Waals surface area contributed by atoms with Crippen LogP contribution in [-0.4, -0.2) is 65.6 Å². The lowest BCUT2D eigenvalue weighted by Gasteiger charge is -2.33. The Morgan fingerprint density at radius 1 is 0.881 bits per heavy atom. The molecule has 0 spiro atoms. The summed E-state index contributed by atoms with van der Waals surface area (Å²) in [6.07, 6.45) is 0.322. The number of amides is 2. The second-order valence-electron chi connectivity index (χ2n) is 9.56. The second-order valence-corrected chi connectivity index (χ2v) is 11.4. The number of nitrogens with one attached hydrogen (secondary N) is 1. The molecule has 0 bridgehead atoms. The highest BCUT2D eigenvalue weighted by molar-refractivity contribution is 7.92. The number of carbonyl (C=O) groups excluding carboxylic acids is 2. The summed E-state index contributed by atoms with van der Waals surface area (Å²) in [6.45, 7) is 5.35. The molecule has 0 unspecified atom stereocenters. The standard InChI is InChI=1S/C31H39N3O7S/c1-7-27(31(36)32-8-2)33(20-23-10-9-11-25(18-23)39-4)30(35)21-34(24-14-17-28(40-5)29(19-24)41-6)42(37,38)26-15-12-22(3)13-16-26/h9-19,27H,7-8,20-21H2,1-6H3,(H,32,36)/t27-/m0/s1. The molecule has 10 nitrogen and oxygen atoms in total. The maximum absolute atomic E-state index is 14.2. The van der Waals surface area contributed by atoms with E-state index >= 15 is 0 Å². The fraction of sp³-hybridized carbons (Fsp3) is 0.355. The number of rotatable bonds is 14. The van der Waals surface area contributed by atoms with Crippen molar-refractivity contribution in [1.29, 1.82) is 0 Å². The highest BCUT2D eigenvalue weighted by Crippen LogP contribution is 2.34. The number of sulfonamides is 1. The molecule has 1 N–H and O–H groups in total. The molecule has 1 atom stereocenters. The van der Waals surface area contributed by atoms with Crippen molar-refractivity contribution in [2.75, 3.05) is 38.7 Å². The molecule has 226 valence electrons. The average molecular weight is 598 g/mol. The number of likely N-dealkylation sites (N-methyl/N-ethyl adjacent to an activating group) is 1. The molecule has 11 heteroatoms. The number of aryl methyl sites for hydroxylation is 1. The fourth-order valence-corrected chi connectivity index (χ4v) is 5.93. The Balaban J connectivity index is 2.12. The Hall–Kier alpha value is -4.25. The van der Waals surface area contributed by atoms with Crippen LogP contribution in [0.2, 0.25) is 0 Å². The van der Waals surface area contributed by atoms with Crippen molar-refractivity contribution in [2.24, 2.45) is 0 Å². The lowest BCUT2D eigenvalue weighted by Crippen LogP contribution is -2.52. The van der Waals surface area contributed by atoms with Gasteiger partial charge in [-0.1, -0.05) is 36.8 Å². The molecule has 42 heavy (non-hydrogen) atoms. The van der Waals surface area contributed by atoms with E-state index in [4.69, 9.17) is 14.2 Å². The molecule has 3 aromatic rings. The van der Waals surface area contributed by atoms with E-state index < -0.39 is 28.5 Å². The van der Waals surface area contributed by atoms with Gasteiger partial charge < -0.3 is 24.4 Å². The smallest absolute Gasteiger partial charge is 0.264 e. The predicted molar refractivity (Wildman–Crippen MR) is 162 cm³/mol. The minimum atomic E-state index is -4.22. The zero-order valence-corrected chi connectivity index (χ0v) is 25.7. The molecule has 0 aliphatic rings. The summed E-state index contributed by atoms with van der Waals surface area (Å²) < 4.78 is 45.3. The molecule has 3 aromatic carbocycles. The Labute approximate surface area is 248 Å². The van der Waals surface area contributed by atoms with Gasteiger partial charge in [-0.2, -0.15) is 0 Å². The van der Waals surface area contributed by atoms with Crippen LogP contribution in [0.5, 0.6) is 17.2 Å². The van der Waals surface area contributed by atoms with Crippen molar-refractivity contribution in [3.05, 3.63) is 77.9 Å². The van der Waals surface area contributed by atoms with Crippen LogP contribution in [0.1, 0.15) is 31.4 Å². The third-order valence-electron chi connectivity index (χ3n) is 6.77. The van der Waals surface area contributed by atoms with Gasteiger partial charge in [0, 0.05) is 19.2 Å². The molecule has 0 aliphatic carbocycles. The van der Waals surface area contributed by atoms with Crippen LogP contribution in [0.15, 0.2) is 71.6 Å². The van der Waals surface area contributed by atoms with Gasteiger partial charge in [-0.25, -0.2) is 8.42 Å². The van der Waals surface area contributed by atoms with Crippen molar-refractivity contribution >= 4 is 27.5 Å². The van der Waals surface area contributed by atoms with Crippen molar-refractivity contribution in [1.82, 2.24) is 10.2 Å². The first-order chi connectivity index (χ1) is 20.1. The quantitative estimate of drug-likeness (QED) is 0.297. The third kappa shape index (κ3) is 7.52. The van der Waals surface area contributed by atoms with Gasteiger partial charge in [0.2, 0.25) is 11.8 Å². The SMILES string of the molecule is CCNC(=O)[C@H](CC)N(Cc1cccc(OC)c1)C(=O)CN(c1ccc(OC)c(OC)c1)S(=O)(=O)c1ccc(C)cc1. The van der Waals surface area contributed by atoms with Gasteiger partial charge in [0.1, 0.15) is 18.3 Å². The van der Waals surface area contributed by atoms with Crippen molar-refractivity contribution in [3.63, 3.8) is 0 Å². The number of nitrogens with zero attached hydrogens (tertiary/aromatic N) is 2. The largest absolute Gasteiger partial charge is 0.497 e. The monoisotopic (exact) mass is 597 g/mol. The molecule has 2 amide bonds. The molecule has 0 aliphatic heterocycles. The lowest BCUT2D eigenvalue weighted by atomic mass is 10.1. The van der Waals surface area contributed by atoms with Crippen LogP contribution in [-0.2, 0) is 26.2 Å². The summed E-state index contributed by atoms with van der Waals surface area (Å²) in [7, 11) is 0.243. The van der Waals surface area contributed by atoms with Crippen molar-refractivity contribution in [3.8, 4) is 17.2 Å². The molecule has 0 heterocycles. The van der Waals surface area contributed by atoms with Crippen LogP contribution >= 0.6 is 0 Å². The summed E-state index contributed by atoms with van der Waals surface area (Å²) in [5, 5.41) is 2.79. The Morgan fingerprint density at radius 2 is 1.57 bits per heavy atom. The van der Waals surface area contributed by atoms with Gasteiger partial charge in [-0.15, -0.1) is 0 Å². The van der Waals surface area contributed by atoms with Gasteiger partial charge in [0.05, 0.1) is 31.9 Å². The highest BCUT2D eigenvalue weighted by atomic mass is 32.2. The van der Waals surface area contributed by atoms with E-state index in [-0.39, 0.29) is 23.0 Å². The minimum absolute atomic E-state index is 0.0193. The van der Waals surface area contributed by atoms with E-state index in [1.165, 1.54) is 37.3 Å². The molecule has 3 rings (SSSR count). The van der Waals surface area contributed by atoms with Crippen molar-refractivity contribution in [2.45, 2.75) is 44.7 Å². The maximum atomic E-state index is 14.2. The molecular formula is C31H39N3O7S. The zero-order chi connectivity index (χ0) is 30.9. The number of hydrogen-bond donors (Lipinski definition) is 1. The molecular weight excluding hydrogens is 558 g/mol. The van der Waals surface area contributed by atoms with Crippen LogP contribution in [0.3, 0.4) is 0 Å². The van der Waals surface area contributed by atoms with Crippen molar-refractivity contribution < 1.29 is 32.2 Å². The average Bonchev–Trinajstić information content (AvgIpc) is 2.99. The van der Waals surface area contributed by atoms with Crippen LogP contribution in [0.4, 0.5) is 5.69 Å². The van der Waals surface area contributed by atoms with E-state index in [0.717, 1.165) is 15.4 Å².